The summed E-state index contributed by atoms with van der Waals surface area (Å²) >= 11 is 0. The summed E-state index contributed by atoms with van der Waals surface area (Å²) in [6.07, 6.45) is 3.86. The van der Waals surface area contributed by atoms with Crippen LogP contribution in [0.5, 0.6) is 0 Å². The van der Waals surface area contributed by atoms with Gasteiger partial charge >= 0.3 is 0 Å². The molecule has 2 aromatic heterocycles. The van der Waals surface area contributed by atoms with Gasteiger partial charge in [-0.25, -0.2) is 0 Å². The average molecular weight is 343 g/mol. The Balaban J connectivity index is 1.62. The van der Waals surface area contributed by atoms with Crippen molar-refractivity contribution >= 4 is 22.5 Å². The zero-order chi connectivity index (χ0) is 18.1. The Bertz CT molecular complexity index is 1160. The normalized spacial score (nSPS) is 10.8. The van der Waals surface area contributed by atoms with Crippen molar-refractivity contribution in [3.63, 3.8) is 0 Å². The molecule has 0 radical (unpaired) electrons. The maximum atomic E-state index is 12.6. The first-order valence-corrected chi connectivity index (χ1v) is 8.29. The van der Waals surface area contributed by atoms with Crippen molar-refractivity contribution in [2.45, 2.75) is 6.92 Å². The summed E-state index contributed by atoms with van der Waals surface area (Å²) in [4.78, 5) is 27.2. The molecule has 4 rings (SSSR count). The van der Waals surface area contributed by atoms with Gasteiger partial charge in [0.15, 0.2) is 0 Å². The number of hydrogen-bond donors (Lipinski definition) is 2. The minimum atomic E-state index is -0.201. The Morgan fingerprint density at radius 2 is 1.81 bits per heavy atom. The monoisotopic (exact) mass is 343 g/mol. The summed E-state index contributed by atoms with van der Waals surface area (Å²) < 4.78 is 1.94. The fourth-order valence-corrected chi connectivity index (χ4v) is 2.91. The third-order valence-corrected chi connectivity index (χ3v) is 4.30. The van der Waals surface area contributed by atoms with Crippen molar-refractivity contribution in [3.8, 4) is 5.69 Å². The number of rotatable bonds is 3. The van der Waals surface area contributed by atoms with Crippen LogP contribution < -0.4 is 10.9 Å². The predicted octanol–water partition coefficient (Wildman–Crippen LogP) is 3.88. The molecule has 0 saturated heterocycles. The summed E-state index contributed by atoms with van der Waals surface area (Å²) in [7, 11) is 0. The fourth-order valence-electron chi connectivity index (χ4n) is 2.91. The van der Waals surface area contributed by atoms with Crippen LogP contribution in [0.3, 0.4) is 0 Å². The smallest absolute Gasteiger partial charge is 0.255 e. The first kappa shape index (κ1) is 15.9. The average Bonchev–Trinajstić information content (AvgIpc) is 3.18. The molecule has 2 heterocycles. The standard InChI is InChI=1S/C21H17N3O2/c1-14-11-15-7-8-17(13-19(15)23-20(14)25)22-21(26)16-5-4-6-18(12-16)24-9-2-3-10-24/h2-13H,1H3,(H,22,26)(H,23,25). The van der Waals surface area contributed by atoms with Crippen LogP contribution in [0, 0.1) is 6.92 Å². The number of aromatic amines is 1. The molecule has 0 aliphatic carbocycles. The highest BCUT2D eigenvalue weighted by Crippen LogP contribution is 2.18. The minimum absolute atomic E-state index is 0.125. The van der Waals surface area contributed by atoms with E-state index in [2.05, 4.69) is 10.3 Å². The van der Waals surface area contributed by atoms with E-state index in [0.29, 0.717) is 22.3 Å². The van der Waals surface area contributed by atoms with Crippen LogP contribution in [0.1, 0.15) is 15.9 Å². The van der Waals surface area contributed by atoms with Gasteiger partial charge in [-0.05, 0) is 60.8 Å². The van der Waals surface area contributed by atoms with Gasteiger partial charge in [-0.2, -0.15) is 0 Å². The van der Waals surface area contributed by atoms with E-state index in [1.165, 1.54) is 0 Å². The van der Waals surface area contributed by atoms with E-state index in [-0.39, 0.29) is 11.5 Å². The molecular weight excluding hydrogens is 326 g/mol. The van der Waals surface area contributed by atoms with E-state index in [1.807, 2.05) is 65.5 Å². The van der Waals surface area contributed by atoms with E-state index in [9.17, 15) is 9.59 Å². The first-order chi connectivity index (χ1) is 12.6. The Labute approximate surface area is 149 Å². The molecule has 26 heavy (non-hydrogen) atoms. The van der Waals surface area contributed by atoms with Gasteiger partial charge < -0.3 is 14.9 Å². The maximum absolute atomic E-state index is 12.6. The molecule has 0 fully saturated rings. The molecule has 1 amide bonds. The third-order valence-electron chi connectivity index (χ3n) is 4.30. The van der Waals surface area contributed by atoms with Gasteiger partial charge in [-0.1, -0.05) is 12.1 Å². The van der Waals surface area contributed by atoms with E-state index in [4.69, 9.17) is 0 Å². The van der Waals surface area contributed by atoms with Crippen LogP contribution in [0.2, 0.25) is 0 Å². The molecule has 5 nitrogen and oxygen atoms in total. The second-order valence-electron chi connectivity index (χ2n) is 6.18. The Kier molecular flexibility index (Phi) is 3.89. The molecule has 2 aromatic carbocycles. The molecular formula is C21H17N3O2. The number of aromatic nitrogens is 2. The molecule has 0 aliphatic heterocycles. The van der Waals surface area contributed by atoms with E-state index in [0.717, 1.165) is 11.1 Å². The van der Waals surface area contributed by atoms with Crippen molar-refractivity contribution in [3.05, 3.63) is 94.5 Å². The molecule has 0 bridgehead atoms. The van der Waals surface area contributed by atoms with Gasteiger partial charge in [0.1, 0.15) is 0 Å². The lowest BCUT2D eigenvalue weighted by molar-refractivity contribution is 0.102. The highest BCUT2D eigenvalue weighted by molar-refractivity contribution is 6.05. The zero-order valence-corrected chi connectivity index (χ0v) is 14.2. The number of carbonyl (C=O) groups excluding carboxylic acids is 1. The number of nitrogens with one attached hydrogen (secondary N) is 2. The number of carbonyl (C=O) groups is 1. The second-order valence-corrected chi connectivity index (χ2v) is 6.18. The highest BCUT2D eigenvalue weighted by Gasteiger charge is 2.08. The van der Waals surface area contributed by atoms with Crippen molar-refractivity contribution in [2.75, 3.05) is 5.32 Å². The summed E-state index contributed by atoms with van der Waals surface area (Å²) in [6, 6.07) is 18.6. The molecule has 2 N–H and O–H groups in total. The first-order valence-electron chi connectivity index (χ1n) is 8.29. The molecule has 5 heteroatoms. The number of aryl methyl sites for hydroxylation is 1. The molecule has 0 aliphatic rings. The number of amides is 1. The summed E-state index contributed by atoms with van der Waals surface area (Å²) in [5, 5.41) is 3.81. The lowest BCUT2D eigenvalue weighted by Gasteiger charge is -2.09. The molecule has 0 spiro atoms. The van der Waals surface area contributed by atoms with E-state index in [1.54, 1.807) is 19.1 Å². The number of fused-ring (bicyclic) bond motifs is 1. The highest BCUT2D eigenvalue weighted by atomic mass is 16.1. The fraction of sp³-hybridized carbons (Fsp3) is 0.0476. The lowest BCUT2D eigenvalue weighted by Crippen LogP contribution is -2.13. The number of nitrogens with zero attached hydrogens (tertiary/aromatic N) is 1. The summed E-state index contributed by atoms with van der Waals surface area (Å²) in [5.41, 5.74) is 3.35. The molecule has 4 aromatic rings. The summed E-state index contributed by atoms with van der Waals surface area (Å²) in [6.45, 7) is 1.77. The van der Waals surface area contributed by atoms with Crippen LogP contribution in [0.25, 0.3) is 16.6 Å². The van der Waals surface area contributed by atoms with Gasteiger partial charge in [-0.15, -0.1) is 0 Å². The summed E-state index contributed by atoms with van der Waals surface area (Å²) in [5.74, 6) is -0.201. The van der Waals surface area contributed by atoms with Crippen LogP contribution in [0.15, 0.2) is 77.9 Å². The molecule has 128 valence electrons. The van der Waals surface area contributed by atoms with Gasteiger partial charge in [0.05, 0.1) is 5.52 Å². The van der Waals surface area contributed by atoms with Crippen molar-refractivity contribution < 1.29 is 4.79 Å². The lowest BCUT2D eigenvalue weighted by atomic mass is 10.1. The Morgan fingerprint density at radius 1 is 1.00 bits per heavy atom. The number of anilines is 1. The van der Waals surface area contributed by atoms with Crippen LogP contribution in [0.4, 0.5) is 5.69 Å². The van der Waals surface area contributed by atoms with Crippen LogP contribution >= 0.6 is 0 Å². The third kappa shape index (κ3) is 3.02. The maximum Gasteiger partial charge on any atom is 0.255 e. The van der Waals surface area contributed by atoms with Gasteiger partial charge in [0.25, 0.3) is 11.5 Å². The van der Waals surface area contributed by atoms with Gasteiger partial charge in [0, 0.05) is 34.9 Å². The quantitative estimate of drug-likeness (QED) is 0.593. The largest absolute Gasteiger partial charge is 0.324 e. The molecule has 0 saturated carbocycles. The molecule has 0 atom stereocenters. The van der Waals surface area contributed by atoms with Crippen LogP contribution in [-0.4, -0.2) is 15.5 Å². The van der Waals surface area contributed by atoms with Crippen molar-refractivity contribution in [1.82, 2.24) is 9.55 Å². The SMILES string of the molecule is Cc1cc2ccc(NC(=O)c3cccc(-n4cccc4)c3)cc2[nH]c1=O. The van der Waals surface area contributed by atoms with Crippen LogP contribution in [-0.2, 0) is 0 Å². The van der Waals surface area contributed by atoms with Crippen molar-refractivity contribution in [2.24, 2.45) is 0 Å². The molecule has 0 unspecified atom stereocenters. The Hall–Kier alpha value is -3.60. The number of pyridine rings is 1. The Morgan fingerprint density at radius 3 is 2.62 bits per heavy atom. The van der Waals surface area contributed by atoms with Gasteiger partial charge in [-0.3, -0.25) is 9.59 Å². The zero-order valence-electron chi connectivity index (χ0n) is 14.2. The predicted molar refractivity (Wildman–Crippen MR) is 103 cm³/mol. The number of H-pyrrole nitrogens is 1. The van der Waals surface area contributed by atoms with E-state index >= 15 is 0 Å². The topological polar surface area (TPSA) is 66.9 Å². The van der Waals surface area contributed by atoms with Crippen molar-refractivity contribution in [1.29, 1.82) is 0 Å². The number of benzene rings is 2. The second kappa shape index (κ2) is 6.37. The van der Waals surface area contributed by atoms with Gasteiger partial charge in [0.2, 0.25) is 0 Å². The van der Waals surface area contributed by atoms with E-state index < -0.39 is 0 Å². The minimum Gasteiger partial charge on any atom is -0.324 e. The number of hydrogen-bond acceptors (Lipinski definition) is 2.